The summed E-state index contributed by atoms with van der Waals surface area (Å²) in [6.45, 7) is 0.0667. The normalized spacial score (nSPS) is 17.7. The van der Waals surface area contributed by atoms with Crippen molar-refractivity contribution in [1.82, 2.24) is 28.7 Å². The molecule has 1 aliphatic carbocycles. The lowest BCUT2D eigenvalue weighted by atomic mass is 10.0. The first kappa shape index (κ1) is 23.5. The molecule has 4 heterocycles. The lowest BCUT2D eigenvalue weighted by molar-refractivity contribution is 0.181. The van der Waals surface area contributed by atoms with Gasteiger partial charge in [-0.3, -0.25) is 13.9 Å². The topological polar surface area (TPSA) is 123 Å². The minimum atomic E-state index is -0.466. The van der Waals surface area contributed by atoms with Crippen molar-refractivity contribution >= 4 is 45.4 Å². The van der Waals surface area contributed by atoms with Crippen molar-refractivity contribution < 1.29 is 5.11 Å². The van der Waals surface area contributed by atoms with Crippen LogP contribution in [-0.2, 0) is 20.6 Å². The summed E-state index contributed by atoms with van der Waals surface area (Å²) < 4.78 is 4.21. The Balaban J connectivity index is 1.37. The molecule has 1 saturated carbocycles. The predicted octanol–water partition coefficient (Wildman–Crippen LogP) is 3.38. The number of fused-ring (bicyclic) bond motifs is 2. The van der Waals surface area contributed by atoms with E-state index in [4.69, 9.17) is 16.6 Å². The molecule has 11 heteroatoms. The van der Waals surface area contributed by atoms with Gasteiger partial charge in [-0.15, -0.1) is 0 Å². The third-order valence-electron chi connectivity index (χ3n) is 7.19. The van der Waals surface area contributed by atoms with Gasteiger partial charge in [-0.2, -0.15) is 4.98 Å². The van der Waals surface area contributed by atoms with Crippen molar-refractivity contribution in [3.05, 3.63) is 79.7 Å². The maximum Gasteiger partial charge on any atom is 0.332 e. The number of aromatic amines is 1. The van der Waals surface area contributed by atoms with Gasteiger partial charge in [0.1, 0.15) is 5.82 Å². The Morgan fingerprint density at radius 2 is 1.92 bits per heavy atom. The van der Waals surface area contributed by atoms with Crippen LogP contribution in [0.4, 0.5) is 11.8 Å². The highest BCUT2D eigenvalue weighted by molar-refractivity contribution is 6.35. The number of halogens is 1. The van der Waals surface area contributed by atoms with Crippen LogP contribution < -0.4 is 16.6 Å². The Labute approximate surface area is 216 Å². The Kier molecular flexibility index (Phi) is 5.65. The fourth-order valence-corrected chi connectivity index (χ4v) is 5.44. The Hall–Kier alpha value is -3.89. The number of benzene rings is 1. The number of nitrogens with zero attached hydrogens (tertiary/aromatic N) is 5. The summed E-state index contributed by atoms with van der Waals surface area (Å²) in [5.74, 6) is 1.19. The van der Waals surface area contributed by atoms with E-state index in [1.807, 2.05) is 36.4 Å². The van der Waals surface area contributed by atoms with E-state index < -0.39 is 11.2 Å². The fraction of sp³-hybridized carbons (Fsp3) is 0.308. The molecule has 1 fully saturated rings. The van der Waals surface area contributed by atoms with Gasteiger partial charge in [0, 0.05) is 47.3 Å². The molecular formula is C26H26ClN7O3. The van der Waals surface area contributed by atoms with Gasteiger partial charge in [-0.25, -0.2) is 9.78 Å². The molecule has 0 radical (unpaired) electrons. The molecular weight excluding hydrogens is 494 g/mol. The number of hydrogen-bond donors (Lipinski definition) is 3. The first-order valence-electron chi connectivity index (χ1n) is 12.1. The second-order valence-corrected chi connectivity index (χ2v) is 10.0. The largest absolute Gasteiger partial charge is 0.393 e. The molecule has 190 valence electrons. The van der Waals surface area contributed by atoms with Crippen LogP contribution >= 0.6 is 11.6 Å². The molecule has 4 aromatic heterocycles. The van der Waals surface area contributed by atoms with Gasteiger partial charge < -0.3 is 20.0 Å². The molecule has 3 N–H and O–H groups in total. The summed E-state index contributed by atoms with van der Waals surface area (Å²) >= 11 is 6.29. The van der Waals surface area contributed by atoms with E-state index in [1.165, 1.54) is 9.13 Å². The van der Waals surface area contributed by atoms with Gasteiger partial charge in [0.15, 0.2) is 11.2 Å². The number of nitrogens with one attached hydrogen (secondary N) is 2. The van der Waals surface area contributed by atoms with Crippen molar-refractivity contribution in [2.24, 2.45) is 14.1 Å². The van der Waals surface area contributed by atoms with E-state index in [9.17, 15) is 14.7 Å². The van der Waals surface area contributed by atoms with E-state index >= 15 is 0 Å². The lowest BCUT2D eigenvalue weighted by Gasteiger charge is -2.11. The molecule has 0 amide bonds. The summed E-state index contributed by atoms with van der Waals surface area (Å²) in [5, 5.41) is 14.5. The molecule has 2 atom stereocenters. The molecule has 6 rings (SSSR count). The van der Waals surface area contributed by atoms with Crippen LogP contribution in [0.3, 0.4) is 0 Å². The van der Waals surface area contributed by atoms with Gasteiger partial charge >= 0.3 is 5.69 Å². The molecule has 1 aromatic carbocycles. The number of rotatable bonds is 5. The molecule has 10 nitrogen and oxygen atoms in total. The van der Waals surface area contributed by atoms with Crippen LogP contribution in [0.5, 0.6) is 0 Å². The summed E-state index contributed by atoms with van der Waals surface area (Å²) in [7, 11) is 3.33. The van der Waals surface area contributed by atoms with Crippen LogP contribution in [-0.4, -0.2) is 39.9 Å². The Morgan fingerprint density at radius 1 is 1.11 bits per heavy atom. The fourth-order valence-electron chi connectivity index (χ4n) is 5.22. The number of H-pyrrole nitrogens is 1. The first-order chi connectivity index (χ1) is 17.8. The minimum Gasteiger partial charge on any atom is -0.393 e. The van der Waals surface area contributed by atoms with Crippen LogP contribution in [0.2, 0.25) is 5.02 Å². The molecule has 0 saturated heterocycles. The summed E-state index contributed by atoms with van der Waals surface area (Å²) in [4.78, 5) is 39.2. The maximum atomic E-state index is 13.5. The second-order valence-electron chi connectivity index (χ2n) is 9.63. The highest BCUT2D eigenvalue weighted by Crippen LogP contribution is 2.34. The third-order valence-corrected chi connectivity index (χ3v) is 7.52. The zero-order valence-electron chi connectivity index (χ0n) is 20.4. The molecule has 0 bridgehead atoms. The molecule has 0 spiro atoms. The third kappa shape index (κ3) is 4.02. The van der Waals surface area contributed by atoms with Gasteiger partial charge in [0.05, 0.1) is 12.6 Å². The summed E-state index contributed by atoms with van der Waals surface area (Å²) in [6.07, 6.45) is 2.09. The lowest BCUT2D eigenvalue weighted by Crippen LogP contribution is -2.39. The number of aromatic nitrogens is 6. The Morgan fingerprint density at radius 3 is 2.68 bits per heavy atom. The van der Waals surface area contributed by atoms with Gasteiger partial charge in [0.2, 0.25) is 5.95 Å². The van der Waals surface area contributed by atoms with E-state index in [1.54, 1.807) is 24.7 Å². The van der Waals surface area contributed by atoms with E-state index in [0.29, 0.717) is 34.4 Å². The number of pyridine rings is 1. The van der Waals surface area contributed by atoms with Crippen molar-refractivity contribution in [1.29, 1.82) is 0 Å². The predicted molar refractivity (Wildman–Crippen MR) is 143 cm³/mol. The molecule has 5 aromatic rings. The number of aliphatic hydroxyl groups excluding tert-OH is 1. The molecule has 1 aliphatic rings. The monoisotopic (exact) mass is 519 g/mol. The number of aryl methyl sites for hydroxylation is 2. The molecule has 37 heavy (non-hydrogen) atoms. The highest BCUT2D eigenvalue weighted by Gasteiger charge is 2.25. The average Bonchev–Trinajstić information content (AvgIpc) is 3.59. The Bertz CT molecular complexity index is 1780. The molecule has 2 unspecified atom stereocenters. The number of aliphatic hydroxyl groups is 1. The maximum absolute atomic E-state index is 13.5. The van der Waals surface area contributed by atoms with Crippen LogP contribution in [0, 0.1) is 0 Å². The zero-order chi connectivity index (χ0) is 25.8. The second kappa shape index (κ2) is 8.89. The van der Waals surface area contributed by atoms with Gasteiger partial charge in [-0.1, -0.05) is 23.7 Å². The number of imidazole rings is 1. The standard InChI is InChI=1S/C26H26ClN7O3/c1-32-22-23(31-25(32)30-21-8-4-6-19(29-21)14-9-10-16(35)11-14)33(2)26(37)34(24(22)36)13-15-12-17-18(27)5-3-7-20(17)28-15/h3-8,12,14,16,28,35H,9-11,13H2,1-2H3,(H,29,30,31). The van der Waals surface area contributed by atoms with Crippen LogP contribution in [0.1, 0.15) is 36.6 Å². The van der Waals surface area contributed by atoms with Crippen LogP contribution in [0.15, 0.2) is 52.1 Å². The van der Waals surface area contributed by atoms with E-state index in [2.05, 4.69) is 15.3 Å². The smallest absolute Gasteiger partial charge is 0.332 e. The number of hydrogen-bond acceptors (Lipinski definition) is 6. The average molecular weight is 520 g/mol. The van der Waals surface area contributed by atoms with E-state index in [-0.39, 0.29) is 24.2 Å². The summed E-state index contributed by atoms with van der Waals surface area (Å²) in [6, 6.07) is 13.1. The zero-order valence-corrected chi connectivity index (χ0v) is 21.2. The minimum absolute atomic E-state index is 0.0667. The first-order valence-corrected chi connectivity index (χ1v) is 12.5. The van der Waals surface area contributed by atoms with Crippen LogP contribution in [0.25, 0.3) is 22.1 Å². The summed E-state index contributed by atoms with van der Waals surface area (Å²) in [5.41, 5.74) is 2.12. The SMILES string of the molecule is Cn1c(Nc2cccc(C3CCC(O)C3)n2)nc2c1c(=O)n(Cc1cc3c(Cl)cccc3[nH]1)c(=O)n2C. The quantitative estimate of drug-likeness (QED) is 0.327. The van der Waals surface area contributed by atoms with Crippen molar-refractivity contribution in [2.75, 3.05) is 5.32 Å². The highest BCUT2D eigenvalue weighted by atomic mass is 35.5. The van der Waals surface area contributed by atoms with Crippen molar-refractivity contribution in [3.8, 4) is 0 Å². The van der Waals surface area contributed by atoms with Gasteiger partial charge in [0.25, 0.3) is 5.56 Å². The van der Waals surface area contributed by atoms with Gasteiger partial charge in [-0.05, 0) is 49.6 Å². The van der Waals surface area contributed by atoms with E-state index in [0.717, 1.165) is 29.4 Å². The molecule has 0 aliphatic heterocycles. The van der Waals surface area contributed by atoms with Crippen molar-refractivity contribution in [3.63, 3.8) is 0 Å². The number of anilines is 2. The van der Waals surface area contributed by atoms with Crippen molar-refractivity contribution in [2.45, 2.75) is 37.8 Å².